The van der Waals surface area contributed by atoms with Crippen molar-refractivity contribution in [3.05, 3.63) is 11.6 Å². The van der Waals surface area contributed by atoms with Crippen molar-refractivity contribution in [2.24, 2.45) is 11.7 Å². The molecule has 1 heterocycles. The van der Waals surface area contributed by atoms with Crippen molar-refractivity contribution in [1.82, 2.24) is 4.98 Å². The lowest BCUT2D eigenvalue weighted by atomic mass is 9.74. The Kier molecular flexibility index (Phi) is 3.26. The number of hydrogen-bond donors (Lipinski definition) is 2. The topological polar surface area (TPSA) is 50.9 Å². The van der Waals surface area contributed by atoms with Gasteiger partial charge in [-0.3, -0.25) is 0 Å². The van der Waals surface area contributed by atoms with E-state index in [4.69, 9.17) is 5.73 Å². The molecule has 0 saturated heterocycles. The summed E-state index contributed by atoms with van der Waals surface area (Å²) in [5.41, 5.74) is 6.04. The van der Waals surface area contributed by atoms with Gasteiger partial charge in [0.15, 0.2) is 5.13 Å². The van der Waals surface area contributed by atoms with Crippen LogP contribution in [0.3, 0.4) is 0 Å². The van der Waals surface area contributed by atoms with Gasteiger partial charge in [0.25, 0.3) is 0 Å². The van der Waals surface area contributed by atoms with Crippen molar-refractivity contribution >= 4 is 16.5 Å². The number of hydrogen-bond acceptors (Lipinski definition) is 4. The summed E-state index contributed by atoms with van der Waals surface area (Å²) in [6.07, 6.45) is 6.90. The maximum Gasteiger partial charge on any atom is 0.183 e. The first-order valence-corrected chi connectivity index (χ1v) is 6.52. The molecule has 1 saturated carbocycles. The van der Waals surface area contributed by atoms with Gasteiger partial charge in [-0.1, -0.05) is 19.8 Å². The second-order valence-corrected chi connectivity index (χ2v) is 5.36. The second-order valence-electron chi connectivity index (χ2n) is 4.47. The molecule has 2 atom stereocenters. The molecule has 1 aromatic rings. The van der Waals surface area contributed by atoms with Crippen LogP contribution in [0.4, 0.5) is 5.13 Å². The lowest BCUT2D eigenvalue weighted by Gasteiger charge is -2.42. The molecular weight excluding hydrogens is 206 g/mol. The number of nitrogens with one attached hydrogen (secondary N) is 1. The average molecular weight is 225 g/mol. The molecule has 0 radical (unpaired) electrons. The summed E-state index contributed by atoms with van der Waals surface area (Å²) < 4.78 is 0. The molecule has 1 aromatic heterocycles. The van der Waals surface area contributed by atoms with Crippen molar-refractivity contribution in [3.63, 3.8) is 0 Å². The number of rotatable bonds is 3. The number of nitrogens with two attached hydrogens (primary N) is 1. The highest BCUT2D eigenvalue weighted by Crippen LogP contribution is 2.36. The van der Waals surface area contributed by atoms with Crippen molar-refractivity contribution < 1.29 is 0 Å². The van der Waals surface area contributed by atoms with Crippen LogP contribution in [0, 0.1) is 5.92 Å². The zero-order valence-corrected chi connectivity index (χ0v) is 10.0. The van der Waals surface area contributed by atoms with Crippen molar-refractivity contribution in [2.75, 3.05) is 11.9 Å². The lowest BCUT2D eigenvalue weighted by Crippen LogP contribution is -2.52. The maximum absolute atomic E-state index is 5.96. The Labute approximate surface area is 95.1 Å². The lowest BCUT2D eigenvalue weighted by molar-refractivity contribution is 0.235. The monoisotopic (exact) mass is 225 g/mol. The smallest absolute Gasteiger partial charge is 0.183 e. The van der Waals surface area contributed by atoms with E-state index in [-0.39, 0.29) is 5.54 Å². The molecule has 84 valence electrons. The first-order chi connectivity index (χ1) is 7.27. The van der Waals surface area contributed by atoms with Crippen LogP contribution in [0.15, 0.2) is 11.6 Å². The first-order valence-electron chi connectivity index (χ1n) is 5.64. The van der Waals surface area contributed by atoms with Gasteiger partial charge in [-0.15, -0.1) is 11.3 Å². The molecule has 0 aliphatic heterocycles. The zero-order valence-electron chi connectivity index (χ0n) is 9.20. The van der Waals surface area contributed by atoms with Gasteiger partial charge in [0, 0.05) is 18.1 Å². The molecule has 1 aliphatic carbocycles. The van der Waals surface area contributed by atoms with Crippen LogP contribution in [-0.4, -0.2) is 17.1 Å². The van der Waals surface area contributed by atoms with E-state index in [2.05, 4.69) is 17.2 Å². The van der Waals surface area contributed by atoms with Crippen molar-refractivity contribution in [1.29, 1.82) is 0 Å². The predicted octanol–water partition coefficient (Wildman–Crippen LogP) is 2.46. The molecule has 2 unspecified atom stereocenters. The molecule has 4 heteroatoms. The minimum Gasteiger partial charge on any atom is -0.355 e. The Morgan fingerprint density at radius 2 is 2.53 bits per heavy atom. The molecular formula is C11H19N3S. The molecule has 0 aromatic carbocycles. The van der Waals surface area contributed by atoms with Crippen LogP contribution in [0.5, 0.6) is 0 Å². The van der Waals surface area contributed by atoms with Gasteiger partial charge < -0.3 is 11.1 Å². The highest BCUT2D eigenvalue weighted by molar-refractivity contribution is 7.13. The molecule has 3 nitrogen and oxygen atoms in total. The van der Waals surface area contributed by atoms with E-state index < -0.39 is 0 Å². The first kappa shape index (κ1) is 10.9. The number of nitrogens with zero attached hydrogens (tertiary/aromatic N) is 1. The predicted molar refractivity (Wildman–Crippen MR) is 65.2 cm³/mol. The number of aromatic nitrogens is 1. The average Bonchev–Trinajstić information content (AvgIpc) is 2.74. The molecule has 1 aliphatic rings. The summed E-state index contributed by atoms with van der Waals surface area (Å²) in [4.78, 5) is 4.29. The maximum atomic E-state index is 5.96. The van der Waals surface area contributed by atoms with E-state index in [1.807, 2.05) is 11.6 Å². The summed E-state index contributed by atoms with van der Waals surface area (Å²) in [6.45, 7) is 3.00. The molecule has 3 N–H and O–H groups in total. The van der Waals surface area contributed by atoms with Gasteiger partial charge in [-0.05, 0) is 18.8 Å². The van der Waals surface area contributed by atoms with Crippen LogP contribution >= 0.6 is 11.3 Å². The summed E-state index contributed by atoms with van der Waals surface area (Å²) in [5.74, 6) is 0.639. The van der Waals surface area contributed by atoms with Gasteiger partial charge in [-0.25, -0.2) is 4.98 Å². The third-order valence-electron chi connectivity index (χ3n) is 3.61. The fourth-order valence-electron chi connectivity index (χ4n) is 2.45. The minimum absolute atomic E-state index is 0.0795. The molecule has 1 fully saturated rings. The van der Waals surface area contributed by atoms with E-state index in [1.165, 1.54) is 25.7 Å². The highest BCUT2D eigenvalue weighted by Gasteiger charge is 2.37. The van der Waals surface area contributed by atoms with Gasteiger partial charge >= 0.3 is 0 Å². The summed E-state index contributed by atoms with van der Waals surface area (Å²) in [5, 5.41) is 6.56. The number of anilines is 1. The summed E-state index contributed by atoms with van der Waals surface area (Å²) >= 11 is 1.65. The van der Waals surface area contributed by atoms with Crippen LogP contribution in [-0.2, 0) is 0 Å². The van der Waals surface area contributed by atoms with E-state index in [0.717, 1.165) is 5.13 Å². The normalized spacial score (nSPS) is 31.5. The zero-order chi connectivity index (χ0) is 10.7. The molecule has 0 bridgehead atoms. The van der Waals surface area contributed by atoms with Gasteiger partial charge in [-0.2, -0.15) is 0 Å². The van der Waals surface area contributed by atoms with E-state index in [1.54, 1.807) is 11.3 Å². The van der Waals surface area contributed by atoms with Crippen molar-refractivity contribution in [2.45, 2.75) is 38.1 Å². The third-order valence-corrected chi connectivity index (χ3v) is 4.29. The summed E-state index contributed by atoms with van der Waals surface area (Å²) in [6, 6.07) is 0. The second kappa shape index (κ2) is 4.49. The Morgan fingerprint density at radius 3 is 3.13 bits per heavy atom. The SMILES string of the molecule is CC1CCCCC1(CN)Nc1nccs1. The van der Waals surface area contributed by atoms with Gasteiger partial charge in [0.2, 0.25) is 0 Å². The quantitative estimate of drug-likeness (QED) is 0.831. The van der Waals surface area contributed by atoms with Crippen LogP contribution in [0.25, 0.3) is 0 Å². The fraction of sp³-hybridized carbons (Fsp3) is 0.727. The number of thiazole rings is 1. The fourth-order valence-corrected chi connectivity index (χ4v) is 3.09. The Balaban J connectivity index is 2.13. The Morgan fingerprint density at radius 1 is 1.67 bits per heavy atom. The molecule has 2 rings (SSSR count). The molecule has 0 spiro atoms. The largest absolute Gasteiger partial charge is 0.355 e. The van der Waals surface area contributed by atoms with E-state index in [9.17, 15) is 0 Å². The highest BCUT2D eigenvalue weighted by atomic mass is 32.1. The van der Waals surface area contributed by atoms with E-state index in [0.29, 0.717) is 12.5 Å². The van der Waals surface area contributed by atoms with Crippen molar-refractivity contribution in [3.8, 4) is 0 Å². The van der Waals surface area contributed by atoms with Gasteiger partial charge in [0.05, 0.1) is 5.54 Å². The standard InChI is InChI=1S/C11H19N3S/c1-9-4-2-3-5-11(9,8-12)14-10-13-6-7-15-10/h6-7,9H,2-5,8,12H2,1H3,(H,13,14). The minimum atomic E-state index is 0.0795. The van der Waals surface area contributed by atoms with Gasteiger partial charge in [0.1, 0.15) is 0 Å². The van der Waals surface area contributed by atoms with Crippen LogP contribution < -0.4 is 11.1 Å². The van der Waals surface area contributed by atoms with Crippen LogP contribution in [0.1, 0.15) is 32.6 Å². The Hall–Kier alpha value is -0.610. The van der Waals surface area contributed by atoms with E-state index >= 15 is 0 Å². The molecule has 0 amide bonds. The third kappa shape index (κ3) is 2.16. The molecule has 15 heavy (non-hydrogen) atoms. The summed E-state index contributed by atoms with van der Waals surface area (Å²) in [7, 11) is 0. The van der Waals surface area contributed by atoms with Crippen LogP contribution in [0.2, 0.25) is 0 Å². The Bertz CT molecular complexity index is 299.